The van der Waals surface area contributed by atoms with E-state index in [1.165, 1.54) is 0 Å². The van der Waals surface area contributed by atoms with Crippen LogP contribution in [0.1, 0.15) is 169 Å². The van der Waals surface area contributed by atoms with E-state index in [4.69, 9.17) is 24.4 Å². The fourth-order valence-corrected chi connectivity index (χ4v) is 13.8. The molecule has 2 bridgehead atoms. The number of carboxylic acids is 2. The van der Waals surface area contributed by atoms with Crippen molar-refractivity contribution in [2.24, 2.45) is 69.5 Å². The number of ether oxygens (including phenoxy) is 2. The molecule has 2 aliphatic heterocycles. The van der Waals surface area contributed by atoms with E-state index in [1.807, 2.05) is 6.92 Å². The number of allylic oxidation sites excluding steroid dienone is 2. The molecule has 0 radical (unpaired) electrons. The van der Waals surface area contributed by atoms with Crippen LogP contribution in [0.3, 0.4) is 0 Å². The number of fused-ring (bicyclic) bond motifs is 2. The van der Waals surface area contributed by atoms with Crippen LogP contribution in [0.4, 0.5) is 0 Å². The van der Waals surface area contributed by atoms with Gasteiger partial charge >= 0.3 is 35.8 Å². The number of carbonyl (C=O) groups is 6. The van der Waals surface area contributed by atoms with Gasteiger partial charge in [-0.1, -0.05) is 97.6 Å². The molecular weight excluding hydrogens is 769 g/mol. The number of hydrogen-bond acceptors (Lipinski definition) is 10. The van der Waals surface area contributed by atoms with Crippen molar-refractivity contribution in [3.8, 4) is 0 Å². The largest absolute Gasteiger partial charge is 0.481 e. The van der Waals surface area contributed by atoms with Gasteiger partial charge in [-0.15, -0.1) is 0 Å². The van der Waals surface area contributed by atoms with Crippen molar-refractivity contribution in [2.75, 3.05) is 0 Å². The molecule has 0 amide bonds. The normalized spacial score (nSPS) is 36.8. The van der Waals surface area contributed by atoms with Crippen LogP contribution in [0.2, 0.25) is 0 Å². The summed E-state index contributed by atoms with van der Waals surface area (Å²) in [6.07, 6.45) is 18.9. The summed E-state index contributed by atoms with van der Waals surface area (Å²) in [5, 5.41) is 19.6. The van der Waals surface area contributed by atoms with Gasteiger partial charge in [0.25, 0.3) is 0 Å². The van der Waals surface area contributed by atoms with Crippen molar-refractivity contribution in [3.63, 3.8) is 0 Å². The van der Waals surface area contributed by atoms with E-state index in [1.54, 1.807) is 0 Å². The summed E-state index contributed by atoms with van der Waals surface area (Å²) in [6.45, 7) is 10.6. The second-order valence-corrected chi connectivity index (χ2v) is 20.4. The second-order valence-electron chi connectivity index (χ2n) is 20.4. The third-order valence-electron chi connectivity index (χ3n) is 16.6. The molecule has 2 heterocycles. The van der Waals surface area contributed by atoms with Crippen LogP contribution in [0, 0.1) is 69.5 Å². The van der Waals surface area contributed by atoms with Crippen LogP contribution in [0.25, 0.3) is 0 Å². The van der Waals surface area contributed by atoms with Crippen LogP contribution in [-0.4, -0.2) is 58.2 Å². The number of hydrogen-bond donors (Lipinski definition) is 2. The number of aliphatic carboxylic acids is 2. The molecule has 0 aromatic rings. The van der Waals surface area contributed by atoms with Crippen LogP contribution in [0.15, 0.2) is 12.2 Å². The lowest BCUT2D eigenvalue weighted by atomic mass is 9.31. The molecule has 5 aliphatic carbocycles. The molecular formula is C48H72O12. The molecule has 0 aromatic carbocycles. The summed E-state index contributed by atoms with van der Waals surface area (Å²) in [6, 6.07) is 0. The highest BCUT2D eigenvalue weighted by molar-refractivity contribution is 5.98. The molecule has 60 heavy (non-hydrogen) atoms. The quantitative estimate of drug-likeness (QED) is 0.0249. The van der Waals surface area contributed by atoms with E-state index in [-0.39, 0.29) is 59.9 Å². The highest BCUT2D eigenvalue weighted by atomic mass is 17.2. The summed E-state index contributed by atoms with van der Waals surface area (Å²) >= 11 is 0. The van der Waals surface area contributed by atoms with Gasteiger partial charge in [-0.05, 0) is 112 Å². The van der Waals surface area contributed by atoms with Gasteiger partial charge in [0, 0.05) is 11.8 Å². The maximum absolute atomic E-state index is 14.0. The van der Waals surface area contributed by atoms with Gasteiger partial charge in [-0.2, -0.15) is 0 Å². The molecule has 2 N–H and O–H groups in total. The van der Waals surface area contributed by atoms with Crippen molar-refractivity contribution in [1.29, 1.82) is 0 Å². The summed E-state index contributed by atoms with van der Waals surface area (Å²) < 4.78 is 10.5. The van der Waals surface area contributed by atoms with E-state index >= 15 is 0 Å². The van der Waals surface area contributed by atoms with Gasteiger partial charge in [0.05, 0.1) is 35.7 Å². The first-order valence-corrected chi connectivity index (χ1v) is 23.5. The smallest absolute Gasteiger partial charge is 0.318 e. The van der Waals surface area contributed by atoms with Crippen molar-refractivity contribution < 1.29 is 58.2 Å². The monoisotopic (exact) mass is 841 g/mol. The number of esters is 4. The molecule has 7 rings (SSSR count). The van der Waals surface area contributed by atoms with Gasteiger partial charge in [0.1, 0.15) is 6.10 Å². The first-order valence-electron chi connectivity index (χ1n) is 23.5. The Hall–Kier alpha value is -3.12. The molecule has 336 valence electrons. The van der Waals surface area contributed by atoms with Crippen molar-refractivity contribution in [2.45, 2.75) is 182 Å². The number of unbranched alkanes of at least 4 members (excludes halogenated alkanes) is 8. The zero-order valence-corrected chi connectivity index (χ0v) is 36.8. The third-order valence-corrected chi connectivity index (χ3v) is 16.6. The van der Waals surface area contributed by atoms with Crippen LogP contribution < -0.4 is 0 Å². The van der Waals surface area contributed by atoms with Crippen molar-refractivity contribution in [3.05, 3.63) is 12.2 Å². The molecule has 12 heteroatoms. The maximum atomic E-state index is 14.0. The third kappa shape index (κ3) is 9.02. The van der Waals surface area contributed by atoms with Crippen LogP contribution in [0.5, 0.6) is 0 Å². The molecule has 13 unspecified atom stereocenters. The average Bonchev–Trinajstić information content (AvgIpc) is 3.70. The minimum Gasteiger partial charge on any atom is -0.481 e. The zero-order chi connectivity index (χ0) is 43.4. The fraction of sp³-hybridized carbons (Fsp3) is 0.833. The van der Waals surface area contributed by atoms with E-state index in [2.05, 4.69) is 39.8 Å². The lowest BCUT2D eigenvalue weighted by Gasteiger charge is -2.72. The van der Waals surface area contributed by atoms with E-state index < -0.39 is 70.5 Å². The van der Waals surface area contributed by atoms with Crippen molar-refractivity contribution >= 4 is 35.8 Å². The number of rotatable bonds is 23. The van der Waals surface area contributed by atoms with Crippen LogP contribution in [-0.2, 0) is 48.0 Å². The van der Waals surface area contributed by atoms with Gasteiger partial charge in [0.2, 0.25) is 0 Å². The Morgan fingerprint density at radius 3 is 2.22 bits per heavy atom. The fourth-order valence-electron chi connectivity index (χ4n) is 13.8. The minimum atomic E-state index is -0.886. The maximum Gasteiger partial charge on any atom is 0.318 e. The first kappa shape index (κ1) is 46.4. The average molecular weight is 841 g/mol. The Kier molecular flexibility index (Phi) is 15.1. The first-order chi connectivity index (χ1) is 28.6. The molecule has 2 saturated heterocycles. The number of carbonyl (C=O) groups excluding carboxylic acids is 4. The lowest BCUT2D eigenvalue weighted by molar-refractivity contribution is -0.419. The Balaban J connectivity index is 1.26. The Morgan fingerprint density at radius 2 is 1.57 bits per heavy atom. The predicted molar refractivity (Wildman–Crippen MR) is 220 cm³/mol. The van der Waals surface area contributed by atoms with Gasteiger partial charge < -0.3 is 19.7 Å². The Bertz CT molecular complexity index is 1620. The molecule has 7 aliphatic rings. The summed E-state index contributed by atoms with van der Waals surface area (Å²) in [7, 11) is 0. The topological polar surface area (TPSA) is 180 Å². The van der Waals surface area contributed by atoms with E-state index in [9.17, 15) is 33.9 Å². The highest BCUT2D eigenvalue weighted by Gasteiger charge is 2.78. The lowest BCUT2D eigenvalue weighted by Crippen LogP contribution is -2.73. The highest BCUT2D eigenvalue weighted by Crippen LogP contribution is 2.76. The molecule has 0 aromatic heterocycles. The zero-order valence-electron chi connectivity index (χ0n) is 36.8. The minimum absolute atomic E-state index is 0.0532. The molecule has 7 fully saturated rings. The van der Waals surface area contributed by atoms with Crippen molar-refractivity contribution in [1.82, 2.24) is 0 Å². The SMILES string of the molecule is CCCC/C=C/C(CCC(CCCCCCCCCC(=O)O)OOC1C(C(C)C)C2CC3C4(C)CCCC(C)(C(=O)O)C4CCC13C1C(=O)OC(=O)C21)C1CC(=O)OC1=O. The van der Waals surface area contributed by atoms with Gasteiger partial charge in [-0.25, -0.2) is 9.78 Å². The number of carboxylic acid groups (broad SMARTS) is 2. The molecule has 13 atom stereocenters. The Labute approximate surface area is 356 Å². The van der Waals surface area contributed by atoms with E-state index in [0.29, 0.717) is 44.9 Å². The molecule has 5 saturated carbocycles. The predicted octanol–water partition coefficient (Wildman–Crippen LogP) is 9.42. The summed E-state index contributed by atoms with van der Waals surface area (Å²) in [5.74, 6) is -5.73. The van der Waals surface area contributed by atoms with Gasteiger partial charge in [-0.3, -0.25) is 28.8 Å². The Morgan fingerprint density at radius 1 is 0.850 bits per heavy atom. The van der Waals surface area contributed by atoms with Crippen LogP contribution >= 0.6 is 0 Å². The number of cyclic esters (lactones) is 4. The van der Waals surface area contributed by atoms with E-state index in [0.717, 1.165) is 77.0 Å². The second kappa shape index (κ2) is 19.5. The van der Waals surface area contributed by atoms with Gasteiger partial charge in [0.15, 0.2) is 0 Å². The summed E-state index contributed by atoms with van der Waals surface area (Å²) in [5.41, 5.74) is -2.05. The summed E-state index contributed by atoms with van der Waals surface area (Å²) in [4.78, 5) is 90.1. The molecule has 12 nitrogen and oxygen atoms in total. The standard InChI is InChI=1S/C48H72O12/c1-6-7-8-14-18-30(32-28-37(51)57-42(32)52)21-22-31(19-15-12-10-9-11-13-16-20-36(49)50)59-60-41-38(29(2)3)33-27-35-46(4)24-17-25-47(5,45(55)56)34(46)23-26-48(35,41)40-39(33)43(53)58-44(40)54/h14,18,29-35,38-41H,6-13,15-17,19-28H2,1-5H3,(H,49,50)(H,55,56)/b18-14+. The molecule has 1 spiro atoms.